The van der Waals surface area contributed by atoms with Crippen molar-refractivity contribution >= 4 is 11.6 Å². The summed E-state index contributed by atoms with van der Waals surface area (Å²) in [6.07, 6.45) is 3.09. The van der Waals surface area contributed by atoms with Crippen molar-refractivity contribution in [3.05, 3.63) is 101 Å². The fourth-order valence-electron chi connectivity index (χ4n) is 7.87. The summed E-state index contributed by atoms with van der Waals surface area (Å²) in [5.74, 6) is 0.00780. The molecule has 3 aromatic rings. The Morgan fingerprint density at radius 1 is 0.929 bits per heavy atom. The Morgan fingerprint density at radius 2 is 1.62 bits per heavy atom. The Bertz CT molecular complexity index is 1370. The van der Waals surface area contributed by atoms with Crippen molar-refractivity contribution in [2.45, 2.75) is 78.1 Å². The molecule has 0 radical (unpaired) electrons. The van der Waals surface area contributed by atoms with E-state index in [0.717, 1.165) is 35.5 Å². The molecule has 2 saturated heterocycles. The minimum absolute atomic E-state index is 0.00482. The van der Waals surface area contributed by atoms with Crippen molar-refractivity contribution in [1.29, 1.82) is 0 Å². The number of anilines is 1. The van der Waals surface area contributed by atoms with Gasteiger partial charge in [-0.25, -0.2) is 0 Å². The van der Waals surface area contributed by atoms with Crippen LogP contribution in [-0.4, -0.2) is 41.1 Å². The lowest BCUT2D eigenvalue weighted by Gasteiger charge is -2.43. The Hall–Kier alpha value is -3.03. The Balaban J connectivity index is 1.22. The summed E-state index contributed by atoms with van der Waals surface area (Å²) in [7, 11) is 0. The minimum Gasteiger partial charge on any atom is -0.392 e. The molecule has 3 fully saturated rings. The van der Waals surface area contributed by atoms with Gasteiger partial charge in [0.2, 0.25) is 0 Å². The molecular formula is C36H44N2O4. The van der Waals surface area contributed by atoms with E-state index >= 15 is 0 Å². The van der Waals surface area contributed by atoms with Crippen LogP contribution in [0.1, 0.15) is 86.4 Å². The lowest BCUT2D eigenvalue weighted by Crippen LogP contribution is -2.46. The van der Waals surface area contributed by atoms with Crippen LogP contribution in [-0.2, 0) is 16.1 Å². The molecule has 2 unspecified atom stereocenters. The number of hydrogen-bond donors (Lipinski definition) is 2. The van der Waals surface area contributed by atoms with Crippen LogP contribution in [0.15, 0.2) is 78.9 Å². The molecule has 2 aliphatic heterocycles. The molecule has 42 heavy (non-hydrogen) atoms. The van der Waals surface area contributed by atoms with Crippen LogP contribution in [0, 0.1) is 16.7 Å². The van der Waals surface area contributed by atoms with Gasteiger partial charge in [-0.1, -0.05) is 82.3 Å². The number of likely N-dealkylation sites (tertiary alicyclic amines) is 1. The SMILES string of the molecule is C[C@@H]1[C@H](CN2CC3(C)CC2CC(C)(C)C3)O[C@H](c2ccc(NC(=O)c3ccccc3)cc2)O[C@@H]1c1ccc(CO)cc1. The number of benzene rings is 3. The second kappa shape index (κ2) is 11.6. The quantitative estimate of drug-likeness (QED) is 0.318. The van der Waals surface area contributed by atoms with E-state index in [2.05, 4.69) is 50.0 Å². The maximum atomic E-state index is 12.7. The second-order valence-electron chi connectivity index (χ2n) is 13.9. The highest BCUT2D eigenvalue weighted by atomic mass is 16.7. The molecule has 2 N–H and O–H groups in total. The molecule has 3 aliphatic rings. The molecule has 1 saturated carbocycles. The number of ether oxygens (including phenoxy) is 2. The second-order valence-corrected chi connectivity index (χ2v) is 13.9. The van der Waals surface area contributed by atoms with Crippen LogP contribution >= 0.6 is 0 Å². The highest BCUT2D eigenvalue weighted by Crippen LogP contribution is 2.53. The number of amides is 1. The van der Waals surface area contributed by atoms with E-state index in [1.807, 2.05) is 54.6 Å². The zero-order valence-corrected chi connectivity index (χ0v) is 25.3. The molecule has 6 rings (SSSR count). The zero-order chi connectivity index (χ0) is 29.5. The number of aliphatic hydroxyl groups excluding tert-OH is 1. The summed E-state index contributed by atoms with van der Waals surface area (Å²) in [6, 6.07) is 25.7. The van der Waals surface area contributed by atoms with Crippen LogP contribution < -0.4 is 5.32 Å². The third-order valence-electron chi connectivity index (χ3n) is 9.54. The van der Waals surface area contributed by atoms with Gasteiger partial charge in [0.05, 0.1) is 18.8 Å². The lowest BCUT2D eigenvalue weighted by molar-refractivity contribution is -0.276. The normalized spacial score (nSPS) is 30.6. The summed E-state index contributed by atoms with van der Waals surface area (Å²) in [4.78, 5) is 15.3. The van der Waals surface area contributed by atoms with E-state index in [-0.39, 0.29) is 30.6 Å². The predicted octanol–water partition coefficient (Wildman–Crippen LogP) is 7.12. The number of fused-ring (bicyclic) bond motifs is 2. The van der Waals surface area contributed by atoms with E-state index in [1.165, 1.54) is 19.3 Å². The maximum Gasteiger partial charge on any atom is 0.255 e. The number of nitrogens with zero attached hydrogens (tertiary/aromatic N) is 1. The van der Waals surface area contributed by atoms with E-state index in [1.54, 1.807) is 12.1 Å². The van der Waals surface area contributed by atoms with Gasteiger partial charge < -0.3 is 19.9 Å². The number of aliphatic hydroxyl groups is 1. The smallest absolute Gasteiger partial charge is 0.255 e. The Morgan fingerprint density at radius 3 is 2.31 bits per heavy atom. The van der Waals surface area contributed by atoms with Crippen molar-refractivity contribution in [2.24, 2.45) is 16.7 Å². The van der Waals surface area contributed by atoms with Gasteiger partial charge in [-0.3, -0.25) is 9.69 Å². The Labute approximate surface area is 250 Å². The van der Waals surface area contributed by atoms with Crippen LogP contribution in [0.3, 0.4) is 0 Å². The van der Waals surface area contributed by atoms with E-state index < -0.39 is 6.29 Å². The molecule has 6 atom stereocenters. The average molecular weight is 569 g/mol. The molecule has 0 spiro atoms. The summed E-state index contributed by atoms with van der Waals surface area (Å²) in [6.45, 7) is 11.6. The van der Waals surface area contributed by atoms with Gasteiger partial charge in [0, 0.05) is 41.9 Å². The molecule has 3 aromatic carbocycles. The summed E-state index contributed by atoms with van der Waals surface area (Å²) < 4.78 is 13.5. The number of nitrogens with one attached hydrogen (secondary N) is 1. The van der Waals surface area contributed by atoms with Crippen molar-refractivity contribution in [3.63, 3.8) is 0 Å². The van der Waals surface area contributed by atoms with Crippen LogP contribution in [0.2, 0.25) is 0 Å². The largest absolute Gasteiger partial charge is 0.392 e. The average Bonchev–Trinajstić information content (AvgIpc) is 3.22. The minimum atomic E-state index is -0.526. The van der Waals surface area contributed by atoms with Gasteiger partial charge in [-0.15, -0.1) is 0 Å². The van der Waals surface area contributed by atoms with Gasteiger partial charge in [-0.2, -0.15) is 0 Å². The van der Waals surface area contributed by atoms with Crippen molar-refractivity contribution < 1.29 is 19.4 Å². The molecule has 6 heteroatoms. The van der Waals surface area contributed by atoms with Gasteiger partial charge >= 0.3 is 0 Å². The van der Waals surface area contributed by atoms with Gasteiger partial charge in [0.15, 0.2) is 6.29 Å². The van der Waals surface area contributed by atoms with Gasteiger partial charge in [-0.05, 0) is 65.5 Å². The summed E-state index contributed by atoms with van der Waals surface area (Å²) >= 11 is 0. The molecule has 1 amide bonds. The summed E-state index contributed by atoms with van der Waals surface area (Å²) in [5.41, 5.74) is 4.99. The first-order valence-corrected chi connectivity index (χ1v) is 15.3. The Kier molecular flexibility index (Phi) is 8.01. The predicted molar refractivity (Wildman–Crippen MR) is 165 cm³/mol. The monoisotopic (exact) mass is 568 g/mol. The molecule has 0 aromatic heterocycles. The first-order chi connectivity index (χ1) is 20.1. The fourth-order valence-corrected chi connectivity index (χ4v) is 7.87. The third kappa shape index (κ3) is 6.18. The van der Waals surface area contributed by atoms with Crippen LogP contribution in [0.4, 0.5) is 5.69 Å². The third-order valence-corrected chi connectivity index (χ3v) is 9.54. The molecule has 222 valence electrons. The van der Waals surface area contributed by atoms with Crippen molar-refractivity contribution in [3.8, 4) is 0 Å². The topological polar surface area (TPSA) is 71.0 Å². The number of rotatable bonds is 7. The lowest BCUT2D eigenvalue weighted by atomic mass is 9.65. The zero-order valence-electron chi connectivity index (χ0n) is 25.3. The van der Waals surface area contributed by atoms with Gasteiger partial charge in [0.1, 0.15) is 0 Å². The number of carbonyl (C=O) groups excluding carboxylic acids is 1. The first kappa shape index (κ1) is 29.1. The van der Waals surface area contributed by atoms with E-state index in [0.29, 0.717) is 22.4 Å². The molecular weight excluding hydrogens is 524 g/mol. The highest BCUT2D eigenvalue weighted by molar-refractivity contribution is 6.04. The fraction of sp³-hybridized carbons (Fsp3) is 0.472. The molecule has 6 nitrogen and oxygen atoms in total. The summed E-state index contributed by atoms with van der Waals surface area (Å²) in [5, 5.41) is 12.6. The van der Waals surface area contributed by atoms with Gasteiger partial charge in [0.25, 0.3) is 5.91 Å². The number of carbonyl (C=O) groups is 1. The van der Waals surface area contributed by atoms with Crippen molar-refractivity contribution in [1.82, 2.24) is 4.90 Å². The van der Waals surface area contributed by atoms with Crippen LogP contribution in [0.25, 0.3) is 0 Å². The van der Waals surface area contributed by atoms with E-state index in [9.17, 15) is 9.90 Å². The first-order valence-electron chi connectivity index (χ1n) is 15.3. The molecule has 2 heterocycles. The number of hydrogen-bond acceptors (Lipinski definition) is 5. The molecule has 1 aliphatic carbocycles. The molecule has 2 bridgehead atoms. The maximum absolute atomic E-state index is 12.7. The van der Waals surface area contributed by atoms with E-state index in [4.69, 9.17) is 9.47 Å². The standard InChI is InChI=1S/C36H44N2O4/c1-24-31(20-38-23-36(4)19-30(38)18-35(2,3)22-36)41-34(42-32(24)26-12-10-25(21-39)11-13-26)28-14-16-29(17-15-28)37-33(40)27-8-6-5-7-9-27/h5-17,24,30-32,34,39H,18-23H2,1-4H3,(H,37,40)/t24-,30?,31+,32+,34+,36?/m1/s1. The van der Waals surface area contributed by atoms with Crippen molar-refractivity contribution in [2.75, 3.05) is 18.4 Å². The van der Waals surface area contributed by atoms with Crippen LogP contribution in [0.5, 0.6) is 0 Å². The highest BCUT2D eigenvalue weighted by Gasteiger charge is 2.51.